The maximum atomic E-state index is 11.9. The zero-order valence-electron chi connectivity index (χ0n) is 11.5. The van der Waals surface area contributed by atoms with Crippen LogP contribution in [0.25, 0.3) is 0 Å². The van der Waals surface area contributed by atoms with Gasteiger partial charge >= 0.3 is 0 Å². The summed E-state index contributed by atoms with van der Waals surface area (Å²) in [4.78, 5) is 16.1. The van der Waals surface area contributed by atoms with E-state index in [-0.39, 0.29) is 10.9 Å². The number of nitrogens with one attached hydrogen (secondary N) is 2. The largest absolute Gasteiger partial charge is 0.497 e. The van der Waals surface area contributed by atoms with Crippen LogP contribution in [0, 0.1) is 0 Å². The van der Waals surface area contributed by atoms with Crippen molar-refractivity contribution >= 4 is 28.8 Å². The SMILES string of the molecule is COc1ccc(NC(=S)C(=O)NCc2ccccn2)cc1. The molecule has 0 atom stereocenters. The third kappa shape index (κ3) is 4.54. The van der Waals surface area contributed by atoms with E-state index in [4.69, 9.17) is 17.0 Å². The van der Waals surface area contributed by atoms with E-state index in [0.717, 1.165) is 17.1 Å². The predicted octanol–water partition coefficient (Wildman–Crippen LogP) is 2.15. The number of rotatable bonds is 4. The number of carbonyl (C=O) groups excluding carboxylic acids is 1. The van der Waals surface area contributed by atoms with Gasteiger partial charge in [-0.25, -0.2) is 0 Å². The lowest BCUT2D eigenvalue weighted by Gasteiger charge is -2.09. The van der Waals surface area contributed by atoms with Crippen LogP contribution in [-0.2, 0) is 11.3 Å². The van der Waals surface area contributed by atoms with Crippen molar-refractivity contribution in [2.45, 2.75) is 6.54 Å². The van der Waals surface area contributed by atoms with Crippen molar-refractivity contribution in [3.8, 4) is 5.75 Å². The molecule has 1 aromatic heterocycles. The zero-order valence-corrected chi connectivity index (χ0v) is 12.3. The van der Waals surface area contributed by atoms with E-state index < -0.39 is 0 Å². The second kappa shape index (κ2) is 7.35. The van der Waals surface area contributed by atoms with E-state index in [2.05, 4.69) is 15.6 Å². The molecule has 2 N–H and O–H groups in total. The molecule has 0 aliphatic heterocycles. The Bertz CT molecular complexity index is 615. The zero-order chi connectivity index (χ0) is 15.1. The first-order chi connectivity index (χ1) is 10.2. The molecule has 2 rings (SSSR count). The lowest BCUT2D eigenvalue weighted by atomic mass is 10.3. The molecule has 0 saturated heterocycles. The highest BCUT2D eigenvalue weighted by atomic mass is 32.1. The first-order valence-corrected chi connectivity index (χ1v) is 6.73. The quantitative estimate of drug-likeness (QED) is 0.847. The minimum atomic E-state index is -0.341. The number of aromatic nitrogens is 1. The van der Waals surface area contributed by atoms with Gasteiger partial charge < -0.3 is 15.4 Å². The average Bonchev–Trinajstić information content (AvgIpc) is 2.54. The highest BCUT2D eigenvalue weighted by Gasteiger charge is 2.09. The Hall–Kier alpha value is -2.47. The minimum absolute atomic E-state index is 0.107. The highest BCUT2D eigenvalue weighted by Crippen LogP contribution is 2.14. The van der Waals surface area contributed by atoms with Gasteiger partial charge in [0.15, 0.2) is 4.99 Å². The van der Waals surface area contributed by atoms with Gasteiger partial charge in [-0.05, 0) is 36.4 Å². The standard InChI is InChI=1S/C15H15N3O2S/c1-20-13-7-5-11(6-8-13)18-15(21)14(19)17-10-12-4-2-3-9-16-12/h2-9H,10H2,1H3,(H,17,19)(H,18,21). The number of ether oxygens (including phenoxy) is 1. The number of amides is 1. The van der Waals surface area contributed by atoms with Crippen molar-refractivity contribution in [1.29, 1.82) is 0 Å². The predicted molar refractivity (Wildman–Crippen MR) is 85.3 cm³/mol. The van der Waals surface area contributed by atoms with Crippen LogP contribution in [0.3, 0.4) is 0 Å². The van der Waals surface area contributed by atoms with E-state index >= 15 is 0 Å². The lowest BCUT2D eigenvalue weighted by Crippen LogP contribution is -2.33. The molecule has 0 aliphatic rings. The molecule has 1 aromatic carbocycles. The molecule has 0 saturated carbocycles. The highest BCUT2D eigenvalue weighted by molar-refractivity contribution is 7.82. The van der Waals surface area contributed by atoms with Gasteiger partial charge in [0.1, 0.15) is 5.75 Å². The third-order valence-electron chi connectivity index (χ3n) is 2.71. The molecule has 0 unspecified atom stereocenters. The number of nitrogens with zero attached hydrogens (tertiary/aromatic N) is 1. The summed E-state index contributed by atoms with van der Waals surface area (Å²) < 4.78 is 5.06. The van der Waals surface area contributed by atoms with Crippen molar-refractivity contribution in [1.82, 2.24) is 10.3 Å². The van der Waals surface area contributed by atoms with Crippen LogP contribution in [0.2, 0.25) is 0 Å². The number of thiocarbonyl (C=S) groups is 1. The summed E-state index contributed by atoms with van der Waals surface area (Å²) in [7, 11) is 1.60. The summed E-state index contributed by atoms with van der Waals surface area (Å²) in [6, 6.07) is 12.7. The number of anilines is 1. The Morgan fingerprint density at radius 1 is 1.24 bits per heavy atom. The molecule has 21 heavy (non-hydrogen) atoms. The molecule has 0 spiro atoms. The van der Waals surface area contributed by atoms with Crippen LogP contribution in [0.15, 0.2) is 48.7 Å². The molecule has 1 amide bonds. The summed E-state index contributed by atoms with van der Waals surface area (Å²) in [6.07, 6.45) is 1.68. The van der Waals surface area contributed by atoms with Gasteiger partial charge in [0.25, 0.3) is 5.91 Å². The van der Waals surface area contributed by atoms with Gasteiger partial charge in [0.2, 0.25) is 0 Å². The molecule has 6 heteroatoms. The molecule has 1 heterocycles. The van der Waals surface area contributed by atoms with Gasteiger partial charge in [0.05, 0.1) is 19.3 Å². The van der Waals surface area contributed by atoms with Crippen molar-refractivity contribution in [3.63, 3.8) is 0 Å². The summed E-state index contributed by atoms with van der Waals surface area (Å²) in [6.45, 7) is 0.337. The molecule has 5 nitrogen and oxygen atoms in total. The molecular weight excluding hydrogens is 286 g/mol. The van der Waals surface area contributed by atoms with E-state index in [1.807, 2.05) is 18.2 Å². The number of pyridine rings is 1. The Kier molecular flexibility index (Phi) is 5.22. The van der Waals surface area contributed by atoms with Gasteiger partial charge in [-0.15, -0.1) is 0 Å². The van der Waals surface area contributed by atoms with Crippen molar-refractivity contribution in [3.05, 3.63) is 54.4 Å². The first kappa shape index (κ1) is 14.9. The number of methoxy groups -OCH3 is 1. The molecule has 0 radical (unpaired) electrons. The van der Waals surface area contributed by atoms with Crippen LogP contribution >= 0.6 is 12.2 Å². The maximum Gasteiger partial charge on any atom is 0.279 e. The molecule has 0 bridgehead atoms. The fourth-order valence-electron chi connectivity index (χ4n) is 1.62. The van der Waals surface area contributed by atoms with Crippen LogP contribution in [0.5, 0.6) is 5.75 Å². The van der Waals surface area contributed by atoms with Crippen molar-refractivity contribution in [2.75, 3.05) is 12.4 Å². The molecule has 2 aromatic rings. The van der Waals surface area contributed by atoms with Crippen LogP contribution < -0.4 is 15.4 Å². The Balaban J connectivity index is 1.86. The van der Waals surface area contributed by atoms with Crippen LogP contribution in [-0.4, -0.2) is 23.0 Å². The van der Waals surface area contributed by atoms with Gasteiger partial charge in [0, 0.05) is 11.9 Å². The second-order valence-corrected chi connectivity index (χ2v) is 4.59. The molecular formula is C15H15N3O2S. The normalized spacial score (nSPS) is 9.76. The molecule has 108 valence electrons. The first-order valence-electron chi connectivity index (χ1n) is 6.32. The van der Waals surface area contributed by atoms with E-state index in [1.165, 1.54) is 0 Å². The summed E-state index contributed by atoms with van der Waals surface area (Å²) in [5.41, 5.74) is 1.51. The maximum absolute atomic E-state index is 11.9. The van der Waals surface area contributed by atoms with Gasteiger partial charge in [-0.3, -0.25) is 9.78 Å². The monoisotopic (exact) mass is 301 g/mol. The third-order valence-corrected chi connectivity index (χ3v) is 3.00. The van der Waals surface area contributed by atoms with E-state index in [0.29, 0.717) is 6.54 Å². The number of hydrogen-bond donors (Lipinski definition) is 2. The molecule has 0 fully saturated rings. The van der Waals surface area contributed by atoms with E-state index in [9.17, 15) is 4.79 Å². The van der Waals surface area contributed by atoms with E-state index in [1.54, 1.807) is 37.6 Å². The Labute approximate surface area is 128 Å². The van der Waals surface area contributed by atoms with Crippen molar-refractivity contribution < 1.29 is 9.53 Å². The fourth-order valence-corrected chi connectivity index (χ4v) is 1.81. The fraction of sp³-hybridized carbons (Fsp3) is 0.133. The van der Waals surface area contributed by atoms with Crippen LogP contribution in [0.4, 0.5) is 5.69 Å². The summed E-state index contributed by atoms with van der Waals surface area (Å²) in [5.74, 6) is 0.401. The topological polar surface area (TPSA) is 63.2 Å². The smallest absolute Gasteiger partial charge is 0.279 e. The van der Waals surface area contributed by atoms with Crippen LogP contribution in [0.1, 0.15) is 5.69 Å². The lowest BCUT2D eigenvalue weighted by molar-refractivity contribution is -0.114. The van der Waals surface area contributed by atoms with Gasteiger partial charge in [-0.1, -0.05) is 18.3 Å². The van der Waals surface area contributed by atoms with Crippen molar-refractivity contribution in [2.24, 2.45) is 0 Å². The number of carbonyl (C=O) groups is 1. The summed E-state index contributed by atoms with van der Waals surface area (Å²) >= 11 is 5.06. The second-order valence-electron chi connectivity index (χ2n) is 4.19. The number of hydrogen-bond acceptors (Lipinski definition) is 4. The average molecular weight is 301 g/mol. The summed E-state index contributed by atoms with van der Waals surface area (Å²) in [5, 5.41) is 5.58. The number of benzene rings is 1. The Morgan fingerprint density at radius 3 is 2.62 bits per heavy atom. The van der Waals surface area contributed by atoms with Gasteiger partial charge in [-0.2, -0.15) is 0 Å². The molecule has 0 aliphatic carbocycles. The minimum Gasteiger partial charge on any atom is -0.497 e. The Morgan fingerprint density at radius 2 is 2.00 bits per heavy atom.